The standard InChI is InChI=1S/C16H21NO4S/c1-11(22-13-6-4-12(21-2)5-7-13)15(20)17-16(8-3-9-16)10-14(18)19/h4-7,11H,3,8-10H2,1-2H3,(H,17,20)(H,18,19). The summed E-state index contributed by atoms with van der Waals surface area (Å²) in [5.41, 5.74) is -0.544. The van der Waals surface area contributed by atoms with Gasteiger partial charge in [0.1, 0.15) is 5.75 Å². The first-order valence-corrected chi connectivity index (χ1v) is 8.17. The third-order valence-corrected chi connectivity index (χ3v) is 5.04. The highest BCUT2D eigenvalue weighted by Gasteiger charge is 2.41. The average molecular weight is 323 g/mol. The summed E-state index contributed by atoms with van der Waals surface area (Å²) in [5, 5.41) is 11.6. The van der Waals surface area contributed by atoms with Crippen LogP contribution in [0.5, 0.6) is 5.75 Å². The zero-order valence-corrected chi connectivity index (χ0v) is 13.6. The fourth-order valence-corrected chi connectivity index (χ4v) is 3.38. The molecule has 1 aliphatic rings. The van der Waals surface area contributed by atoms with Gasteiger partial charge in [-0.1, -0.05) is 0 Å². The largest absolute Gasteiger partial charge is 0.497 e. The van der Waals surface area contributed by atoms with E-state index in [9.17, 15) is 9.59 Å². The molecular weight excluding hydrogens is 302 g/mol. The number of thioether (sulfide) groups is 1. The van der Waals surface area contributed by atoms with Crippen LogP contribution in [0.4, 0.5) is 0 Å². The van der Waals surface area contributed by atoms with Crippen molar-refractivity contribution in [3.8, 4) is 5.75 Å². The van der Waals surface area contributed by atoms with Crippen LogP contribution in [0.25, 0.3) is 0 Å². The fraction of sp³-hybridized carbons (Fsp3) is 0.500. The lowest BCUT2D eigenvalue weighted by molar-refractivity contribution is -0.140. The molecule has 0 aromatic heterocycles. The van der Waals surface area contributed by atoms with Gasteiger partial charge in [-0.3, -0.25) is 9.59 Å². The van der Waals surface area contributed by atoms with Crippen molar-refractivity contribution < 1.29 is 19.4 Å². The van der Waals surface area contributed by atoms with Gasteiger partial charge >= 0.3 is 5.97 Å². The van der Waals surface area contributed by atoms with Crippen molar-refractivity contribution in [3.63, 3.8) is 0 Å². The molecule has 0 heterocycles. The van der Waals surface area contributed by atoms with E-state index in [0.717, 1.165) is 29.9 Å². The number of amides is 1. The van der Waals surface area contributed by atoms with Crippen LogP contribution in [-0.4, -0.2) is 34.9 Å². The van der Waals surface area contributed by atoms with Crippen LogP contribution >= 0.6 is 11.8 Å². The van der Waals surface area contributed by atoms with Crippen LogP contribution in [0.3, 0.4) is 0 Å². The zero-order valence-electron chi connectivity index (χ0n) is 12.8. The molecule has 1 aromatic rings. The number of carbonyl (C=O) groups is 2. The minimum atomic E-state index is -0.865. The molecule has 120 valence electrons. The summed E-state index contributed by atoms with van der Waals surface area (Å²) < 4.78 is 5.10. The van der Waals surface area contributed by atoms with Crippen LogP contribution in [0.1, 0.15) is 32.6 Å². The molecule has 5 nitrogen and oxygen atoms in total. The predicted molar refractivity (Wildman–Crippen MR) is 85.3 cm³/mol. The van der Waals surface area contributed by atoms with Gasteiger partial charge in [-0.05, 0) is 50.5 Å². The minimum absolute atomic E-state index is 0.00133. The van der Waals surface area contributed by atoms with Crippen LogP contribution in [-0.2, 0) is 9.59 Å². The molecule has 1 aromatic carbocycles. The molecule has 0 spiro atoms. The Balaban J connectivity index is 1.92. The first-order chi connectivity index (χ1) is 10.4. The summed E-state index contributed by atoms with van der Waals surface area (Å²) in [5.74, 6) is -0.200. The van der Waals surface area contributed by atoms with Crippen molar-refractivity contribution in [1.29, 1.82) is 0 Å². The molecule has 22 heavy (non-hydrogen) atoms. The van der Waals surface area contributed by atoms with Crippen LogP contribution in [0, 0.1) is 0 Å². The summed E-state index contributed by atoms with van der Waals surface area (Å²) in [6, 6.07) is 7.52. The van der Waals surface area contributed by atoms with Crippen molar-refractivity contribution in [1.82, 2.24) is 5.32 Å². The minimum Gasteiger partial charge on any atom is -0.497 e. The Kier molecular flexibility index (Phi) is 5.34. The lowest BCUT2D eigenvalue weighted by atomic mass is 9.74. The molecule has 1 amide bonds. The van der Waals surface area contributed by atoms with Crippen molar-refractivity contribution in [3.05, 3.63) is 24.3 Å². The van der Waals surface area contributed by atoms with Gasteiger partial charge in [-0.25, -0.2) is 0 Å². The molecule has 2 N–H and O–H groups in total. The summed E-state index contributed by atoms with van der Waals surface area (Å²) in [6.45, 7) is 1.83. The molecule has 1 aliphatic carbocycles. The van der Waals surface area contributed by atoms with Crippen LogP contribution < -0.4 is 10.1 Å². The normalized spacial score (nSPS) is 17.2. The van der Waals surface area contributed by atoms with Gasteiger partial charge < -0.3 is 15.2 Å². The number of aliphatic carboxylic acids is 1. The highest BCUT2D eigenvalue weighted by Crippen LogP contribution is 2.35. The summed E-state index contributed by atoms with van der Waals surface area (Å²) >= 11 is 1.45. The maximum absolute atomic E-state index is 12.3. The number of rotatable bonds is 7. The van der Waals surface area contributed by atoms with Crippen LogP contribution in [0.15, 0.2) is 29.2 Å². The fourth-order valence-electron chi connectivity index (χ4n) is 2.51. The van der Waals surface area contributed by atoms with Crippen molar-refractivity contribution in [2.45, 2.75) is 48.3 Å². The van der Waals surface area contributed by atoms with E-state index in [2.05, 4.69) is 5.32 Å². The number of methoxy groups -OCH3 is 1. The number of benzene rings is 1. The van der Waals surface area contributed by atoms with E-state index in [1.807, 2.05) is 31.2 Å². The highest BCUT2D eigenvalue weighted by atomic mass is 32.2. The number of ether oxygens (including phenoxy) is 1. The zero-order chi connectivity index (χ0) is 16.2. The van der Waals surface area contributed by atoms with Crippen molar-refractivity contribution >= 4 is 23.6 Å². The number of nitrogens with one attached hydrogen (secondary N) is 1. The molecule has 0 saturated heterocycles. The van der Waals surface area contributed by atoms with Gasteiger partial charge in [0, 0.05) is 4.90 Å². The molecule has 1 unspecified atom stereocenters. The smallest absolute Gasteiger partial charge is 0.305 e. The molecular formula is C16H21NO4S. The molecule has 0 aliphatic heterocycles. The monoisotopic (exact) mass is 323 g/mol. The Hall–Kier alpha value is -1.69. The summed E-state index contributed by atoms with van der Waals surface area (Å²) in [6.07, 6.45) is 2.45. The third-order valence-electron chi connectivity index (χ3n) is 3.93. The first kappa shape index (κ1) is 16.7. The average Bonchev–Trinajstić information content (AvgIpc) is 2.45. The number of carbonyl (C=O) groups excluding carboxylic acids is 1. The highest BCUT2D eigenvalue weighted by molar-refractivity contribution is 8.00. The first-order valence-electron chi connectivity index (χ1n) is 7.29. The summed E-state index contributed by atoms with van der Waals surface area (Å²) in [4.78, 5) is 24.2. The Morgan fingerprint density at radius 3 is 2.45 bits per heavy atom. The van der Waals surface area contributed by atoms with Gasteiger partial charge in [-0.15, -0.1) is 11.8 Å². The van der Waals surface area contributed by atoms with E-state index in [1.54, 1.807) is 7.11 Å². The van der Waals surface area contributed by atoms with Crippen molar-refractivity contribution in [2.75, 3.05) is 7.11 Å². The van der Waals surface area contributed by atoms with E-state index in [0.29, 0.717) is 0 Å². The molecule has 0 radical (unpaired) electrons. The predicted octanol–water partition coefficient (Wildman–Crippen LogP) is 2.69. The maximum atomic E-state index is 12.3. The maximum Gasteiger partial charge on any atom is 0.305 e. The lowest BCUT2D eigenvalue weighted by Crippen LogP contribution is -2.56. The van der Waals surface area contributed by atoms with Gasteiger partial charge in [0.15, 0.2) is 0 Å². The quantitative estimate of drug-likeness (QED) is 0.755. The van der Waals surface area contributed by atoms with E-state index in [1.165, 1.54) is 11.8 Å². The van der Waals surface area contributed by atoms with E-state index in [4.69, 9.17) is 9.84 Å². The molecule has 2 rings (SSSR count). The van der Waals surface area contributed by atoms with Crippen LogP contribution in [0.2, 0.25) is 0 Å². The Morgan fingerprint density at radius 1 is 1.36 bits per heavy atom. The molecule has 1 fully saturated rings. The molecule has 0 bridgehead atoms. The van der Waals surface area contributed by atoms with Gasteiger partial charge in [0.2, 0.25) is 5.91 Å². The third kappa shape index (κ3) is 4.16. The lowest BCUT2D eigenvalue weighted by Gasteiger charge is -2.42. The number of carboxylic acid groups (broad SMARTS) is 1. The van der Waals surface area contributed by atoms with Gasteiger partial charge in [0.25, 0.3) is 0 Å². The van der Waals surface area contributed by atoms with E-state index < -0.39 is 11.5 Å². The Bertz CT molecular complexity index is 540. The second-order valence-electron chi connectivity index (χ2n) is 5.63. The van der Waals surface area contributed by atoms with Gasteiger partial charge in [-0.2, -0.15) is 0 Å². The molecule has 1 saturated carbocycles. The Labute approximate surface area is 134 Å². The van der Waals surface area contributed by atoms with E-state index in [-0.39, 0.29) is 17.6 Å². The van der Waals surface area contributed by atoms with E-state index >= 15 is 0 Å². The Morgan fingerprint density at radius 2 is 2.00 bits per heavy atom. The number of carboxylic acids is 1. The van der Waals surface area contributed by atoms with Crippen molar-refractivity contribution in [2.24, 2.45) is 0 Å². The second kappa shape index (κ2) is 7.05. The summed E-state index contributed by atoms with van der Waals surface area (Å²) in [7, 11) is 1.61. The number of hydrogen-bond donors (Lipinski definition) is 2. The second-order valence-corrected chi connectivity index (χ2v) is 7.04. The molecule has 1 atom stereocenters. The topological polar surface area (TPSA) is 75.6 Å². The van der Waals surface area contributed by atoms with Gasteiger partial charge in [0.05, 0.1) is 24.3 Å². The molecule has 6 heteroatoms. The number of hydrogen-bond acceptors (Lipinski definition) is 4. The SMILES string of the molecule is COc1ccc(SC(C)C(=O)NC2(CC(=O)O)CCC2)cc1.